The van der Waals surface area contributed by atoms with E-state index in [0.29, 0.717) is 24.6 Å². The Labute approximate surface area is 206 Å². The predicted molar refractivity (Wildman–Crippen MR) is 143 cm³/mol. The topological polar surface area (TPSA) is 47.1 Å². The SMILES string of the molecule is CCCCCCCCN(CCCCCCCC)N1CCS(=O)(=O)CC1.CN1CCCCN1C. The number of hydrogen-bond acceptors (Lipinski definition) is 6. The molecular formula is C26H56N4O2S. The van der Waals surface area contributed by atoms with Crippen molar-refractivity contribution >= 4 is 9.84 Å². The standard InChI is InChI=1S/C20H42N2O2S.C6H14N2/c1-3-5-7-9-11-13-15-21(16-14-12-10-8-6-4-2)22-17-19-25(23,24)20-18-22;1-7-5-3-4-6-8(7)2/h3-20H2,1-2H3;3-6H2,1-2H3. The van der Waals surface area contributed by atoms with Gasteiger partial charge in [0.25, 0.3) is 0 Å². The van der Waals surface area contributed by atoms with Crippen LogP contribution in [0.5, 0.6) is 0 Å². The van der Waals surface area contributed by atoms with E-state index in [1.54, 1.807) is 0 Å². The van der Waals surface area contributed by atoms with Gasteiger partial charge in [-0.25, -0.2) is 28.5 Å². The van der Waals surface area contributed by atoms with Gasteiger partial charge in [-0.15, -0.1) is 0 Å². The molecule has 0 amide bonds. The number of hydrogen-bond donors (Lipinski definition) is 0. The summed E-state index contributed by atoms with van der Waals surface area (Å²) in [6.45, 7) is 10.6. The zero-order chi connectivity index (χ0) is 24.4. The molecule has 0 aromatic heterocycles. The maximum absolute atomic E-state index is 11.7. The van der Waals surface area contributed by atoms with E-state index in [1.165, 1.54) is 103 Å². The lowest BCUT2D eigenvalue weighted by atomic mass is 10.1. The van der Waals surface area contributed by atoms with Crippen molar-refractivity contribution in [3.63, 3.8) is 0 Å². The summed E-state index contributed by atoms with van der Waals surface area (Å²) in [5.41, 5.74) is 0. The number of rotatable bonds is 15. The number of unbranched alkanes of at least 4 members (excludes halogenated alkanes) is 10. The summed E-state index contributed by atoms with van der Waals surface area (Å²) in [7, 11) is 1.49. The first-order valence-corrected chi connectivity index (χ1v) is 15.8. The Morgan fingerprint density at radius 2 is 1.00 bits per heavy atom. The van der Waals surface area contributed by atoms with Gasteiger partial charge in [0.15, 0.2) is 9.84 Å². The van der Waals surface area contributed by atoms with Gasteiger partial charge in [-0.2, -0.15) is 0 Å². The first-order valence-electron chi connectivity index (χ1n) is 14.0. The van der Waals surface area contributed by atoms with Crippen molar-refractivity contribution in [3.05, 3.63) is 0 Å². The Balaban J connectivity index is 0.000000568. The van der Waals surface area contributed by atoms with E-state index < -0.39 is 9.84 Å². The first kappa shape index (κ1) is 30.8. The minimum atomic E-state index is -2.79. The van der Waals surface area contributed by atoms with E-state index in [1.807, 2.05) is 0 Å². The molecule has 33 heavy (non-hydrogen) atoms. The van der Waals surface area contributed by atoms with E-state index in [4.69, 9.17) is 0 Å². The molecule has 0 aromatic rings. The third-order valence-corrected chi connectivity index (χ3v) is 8.67. The van der Waals surface area contributed by atoms with Gasteiger partial charge in [0, 0.05) is 53.4 Å². The molecule has 2 fully saturated rings. The summed E-state index contributed by atoms with van der Waals surface area (Å²) in [4.78, 5) is 0. The zero-order valence-corrected chi connectivity index (χ0v) is 23.4. The fourth-order valence-electron chi connectivity index (χ4n) is 4.55. The summed E-state index contributed by atoms with van der Waals surface area (Å²) >= 11 is 0. The van der Waals surface area contributed by atoms with Crippen molar-refractivity contribution in [1.29, 1.82) is 0 Å². The van der Waals surface area contributed by atoms with Gasteiger partial charge in [0.2, 0.25) is 0 Å². The third kappa shape index (κ3) is 15.4. The van der Waals surface area contributed by atoms with Crippen LogP contribution in [0.4, 0.5) is 0 Å². The minimum absolute atomic E-state index is 0.330. The van der Waals surface area contributed by atoms with Crippen molar-refractivity contribution in [2.24, 2.45) is 0 Å². The highest BCUT2D eigenvalue weighted by atomic mass is 32.2. The second-order valence-electron chi connectivity index (χ2n) is 10.1. The van der Waals surface area contributed by atoms with E-state index >= 15 is 0 Å². The molecular weight excluding hydrogens is 432 g/mol. The monoisotopic (exact) mass is 488 g/mol. The molecule has 0 N–H and O–H groups in total. The van der Waals surface area contributed by atoms with Crippen LogP contribution in [0.2, 0.25) is 0 Å². The van der Waals surface area contributed by atoms with Crippen molar-refractivity contribution in [1.82, 2.24) is 20.0 Å². The highest BCUT2D eigenvalue weighted by Gasteiger charge is 2.25. The lowest BCUT2D eigenvalue weighted by Gasteiger charge is -2.37. The lowest BCUT2D eigenvalue weighted by molar-refractivity contribution is -0.0206. The van der Waals surface area contributed by atoms with E-state index in [2.05, 4.69) is 48.0 Å². The molecule has 0 atom stereocenters. The maximum atomic E-state index is 11.7. The van der Waals surface area contributed by atoms with Crippen molar-refractivity contribution < 1.29 is 8.42 Å². The molecule has 0 aliphatic carbocycles. The maximum Gasteiger partial charge on any atom is 0.152 e. The molecule has 7 heteroatoms. The van der Waals surface area contributed by atoms with Crippen LogP contribution in [0.3, 0.4) is 0 Å². The average molecular weight is 489 g/mol. The van der Waals surface area contributed by atoms with E-state index in [-0.39, 0.29) is 0 Å². The molecule has 0 bridgehead atoms. The largest absolute Gasteiger partial charge is 0.245 e. The van der Waals surface area contributed by atoms with Gasteiger partial charge in [0.05, 0.1) is 11.5 Å². The van der Waals surface area contributed by atoms with Crippen molar-refractivity contribution in [2.45, 2.75) is 104 Å². The van der Waals surface area contributed by atoms with Gasteiger partial charge in [-0.3, -0.25) is 0 Å². The molecule has 2 heterocycles. The fourth-order valence-corrected chi connectivity index (χ4v) is 5.73. The summed E-state index contributed by atoms with van der Waals surface area (Å²) in [5.74, 6) is 0.660. The molecule has 0 saturated carbocycles. The van der Waals surface area contributed by atoms with Crippen LogP contribution in [-0.2, 0) is 9.84 Å². The van der Waals surface area contributed by atoms with Crippen molar-refractivity contribution in [2.75, 3.05) is 64.9 Å². The Bertz CT molecular complexity index is 518. The Kier molecular flexibility index (Phi) is 17.8. The van der Waals surface area contributed by atoms with Crippen LogP contribution < -0.4 is 0 Å². The Hall–Kier alpha value is -0.210. The van der Waals surface area contributed by atoms with Crippen LogP contribution in [-0.4, -0.2) is 93.3 Å². The lowest BCUT2D eigenvalue weighted by Crippen LogP contribution is -2.51. The normalized spacial score (nSPS) is 20.0. The smallest absolute Gasteiger partial charge is 0.152 e. The van der Waals surface area contributed by atoms with E-state index in [0.717, 1.165) is 13.1 Å². The van der Waals surface area contributed by atoms with Gasteiger partial charge in [-0.05, 0) is 25.7 Å². The van der Waals surface area contributed by atoms with Gasteiger partial charge in [0.1, 0.15) is 0 Å². The Morgan fingerprint density at radius 3 is 1.39 bits per heavy atom. The van der Waals surface area contributed by atoms with E-state index in [9.17, 15) is 8.42 Å². The molecule has 0 spiro atoms. The summed E-state index contributed by atoms with van der Waals surface area (Å²) < 4.78 is 23.4. The van der Waals surface area contributed by atoms with Crippen LogP contribution in [0.25, 0.3) is 0 Å². The summed E-state index contributed by atoms with van der Waals surface area (Å²) in [6, 6.07) is 0. The Morgan fingerprint density at radius 1 is 0.606 bits per heavy atom. The molecule has 2 saturated heterocycles. The second kappa shape index (κ2) is 19.0. The number of hydrazine groups is 2. The van der Waals surface area contributed by atoms with Gasteiger partial charge in [-0.1, -0.05) is 78.1 Å². The van der Waals surface area contributed by atoms with Crippen molar-refractivity contribution in [3.8, 4) is 0 Å². The average Bonchev–Trinajstić information content (AvgIpc) is 2.79. The quantitative estimate of drug-likeness (QED) is 0.295. The minimum Gasteiger partial charge on any atom is -0.245 e. The molecule has 2 aliphatic rings. The van der Waals surface area contributed by atoms with Crippen LogP contribution >= 0.6 is 0 Å². The molecule has 0 aromatic carbocycles. The highest BCUT2D eigenvalue weighted by molar-refractivity contribution is 7.91. The van der Waals surface area contributed by atoms with Crippen LogP contribution in [0.15, 0.2) is 0 Å². The molecule has 198 valence electrons. The van der Waals surface area contributed by atoms with Crippen LogP contribution in [0.1, 0.15) is 104 Å². The first-order chi connectivity index (χ1) is 15.9. The molecule has 2 aliphatic heterocycles. The molecule has 0 radical (unpaired) electrons. The fraction of sp³-hybridized carbons (Fsp3) is 1.00. The van der Waals surface area contributed by atoms with Gasteiger partial charge >= 0.3 is 0 Å². The summed E-state index contributed by atoms with van der Waals surface area (Å²) in [5, 5.41) is 9.32. The van der Waals surface area contributed by atoms with Gasteiger partial charge < -0.3 is 0 Å². The zero-order valence-electron chi connectivity index (χ0n) is 22.6. The number of nitrogens with zero attached hydrogens (tertiary/aromatic N) is 4. The molecule has 6 nitrogen and oxygen atoms in total. The van der Waals surface area contributed by atoms with Crippen LogP contribution in [0, 0.1) is 0 Å². The summed E-state index contributed by atoms with van der Waals surface area (Å²) in [6.07, 6.45) is 18.5. The third-order valence-electron chi connectivity index (χ3n) is 7.06. The highest BCUT2D eigenvalue weighted by Crippen LogP contribution is 2.13. The molecule has 0 unspecified atom stereocenters. The predicted octanol–water partition coefficient (Wildman–Crippen LogP) is 5.21. The molecule has 2 rings (SSSR count). The number of sulfone groups is 1. The second-order valence-corrected chi connectivity index (χ2v) is 12.4.